The van der Waals surface area contributed by atoms with Gasteiger partial charge >= 0.3 is 5.97 Å². The Bertz CT molecular complexity index is 341. The summed E-state index contributed by atoms with van der Waals surface area (Å²) in [6.07, 6.45) is 9.13. The molecule has 0 heterocycles. The molecule has 0 fully saturated rings. The van der Waals surface area contributed by atoms with Crippen molar-refractivity contribution in [1.82, 2.24) is 5.32 Å². The minimum atomic E-state index is -0.691. The van der Waals surface area contributed by atoms with E-state index in [0.717, 1.165) is 43.3 Å². The Hall–Kier alpha value is -1.36. The van der Waals surface area contributed by atoms with Gasteiger partial charge in [-0.15, -0.1) is 0 Å². The van der Waals surface area contributed by atoms with Gasteiger partial charge in [-0.2, -0.15) is 0 Å². The van der Waals surface area contributed by atoms with Crippen LogP contribution in [-0.2, 0) is 9.59 Å². The van der Waals surface area contributed by atoms with Gasteiger partial charge in [-0.3, -0.25) is 9.59 Å². The van der Waals surface area contributed by atoms with Crippen LogP contribution in [0.5, 0.6) is 0 Å². The first kappa shape index (κ1) is 20.6. The molecule has 0 aliphatic rings. The summed E-state index contributed by atoms with van der Waals surface area (Å²) in [6.45, 7) is 6.33. The van der Waals surface area contributed by atoms with Gasteiger partial charge in [-0.25, -0.2) is 0 Å². The maximum absolute atomic E-state index is 11.0. The third kappa shape index (κ3) is 13.6. The molecule has 2 N–H and O–H groups in total. The van der Waals surface area contributed by atoms with E-state index in [2.05, 4.69) is 26.0 Å². The molecule has 0 unspecified atom stereocenters. The lowest BCUT2D eigenvalue weighted by atomic mass is 10.1. The lowest BCUT2D eigenvalue weighted by molar-refractivity contribution is -0.890. The average molecular weight is 313 g/mol. The van der Waals surface area contributed by atoms with E-state index in [4.69, 9.17) is 5.11 Å². The largest absolute Gasteiger partial charge is 0.481 e. The van der Waals surface area contributed by atoms with Gasteiger partial charge in [0.15, 0.2) is 0 Å². The summed E-state index contributed by atoms with van der Waals surface area (Å²) < 4.78 is 0.975. The van der Waals surface area contributed by atoms with E-state index in [-0.39, 0.29) is 5.91 Å². The van der Waals surface area contributed by atoms with Crippen molar-refractivity contribution >= 4 is 11.9 Å². The topological polar surface area (TPSA) is 66.4 Å². The highest BCUT2D eigenvalue weighted by Crippen LogP contribution is 2.09. The van der Waals surface area contributed by atoms with E-state index in [1.807, 2.05) is 0 Å². The predicted octanol–water partition coefficient (Wildman–Crippen LogP) is 2.57. The standard InChI is InChI=1S/C17H32N2O3/c1-4-16(20)18-13-11-15-19(2,3)14-10-8-6-5-7-9-12-17(21)22/h4H,1,5-15H2,2-3H3,(H-,18,20,21,22)/p+1. The monoisotopic (exact) mass is 313 g/mol. The van der Waals surface area contributed by atoms with Crippen LogP contribution in [0.25, 0.3) is 0 Å². The molecule has 128 valence electrons. The molecule has 0 aliphatic carbocycles. The van der Waals surface area contributed by atoms with Crippen molar-refractivity contribution in [3.05, 3.63) is 12.7 Å². The summed E-state index contributed by atoms with van der Waals surface area (Å²) in [4.78, 5) is 21.4. The number of carboxylic acids is 1. The van der Waals surface area contributed by atoms with Crippen molar-refractivity contribution < 1.29 is 19.2 Å². The second-order valence-corrected chi connectivity index (χ2v) is 6.50. The van der Waals surface area contributed by atoms with Gasteiger partial charge in [0.25, 0.3) is 0 Å². The van der Waals surface area contributed by atoms with Gasteiger partial charge in [0.2, 0.25) is 5.91 Å². The first-order valence-electron chi connectivity index (χ1n) is 8.31. The van der Waals surface area contributed by atoms with Crippen molar-refractivity contribution in [1.29, 1.82) is 0 Å². The van der Waals surface area contributed by atoms with E-state index in [1.54, 1.807) is 0 Å². The number of rotatable bonds is 14. The number of nitrogens with one attached hydrogen (secondary N) is 1. The van der Waals surface area contributed by atoms with Crippen LogP contribution in [0.2, 0.25) is 0 Å². The van der Waals surface area contributed by atoms with Crippen LogP contribution in [-0.4, -0.2) is 55.2 Å². The van der Waals surface area contributed by atoms with Crippen LogP contribution in [0.1, 0.15) is 51.4 Å². The molecule has 0 saturated carbocycles. The minimum Gasteiger partial charge on any atom is -0.481 e. The summed E-state index contributed by atoms with van der Waals surface area (Å²) >= 11 is 0. The van der Waals surface area contributed by atoms with Crippen LogP contribution in [0.3, 0.4) is 0 Å². The predicted molar refractivity (Wildman–Crippen MR) is 89.6 cm³/mol. The molecule has 0 aromatic carbocycles. The van der Waals surface area contributed by atoms with Crippen LogP contribution < -0.4 is 5.32 Å². The van der Waals surface area contributed by atoms with Crippen LogP contribution in [0.4, 0.5) is 0 Å². The third-order valence-corrected chi connectivity index (χ3v) is 3.83. The summed E-state index contributed by atoms with van der Waals surface area (Å²) in [5.41, 5.74) is 0. The van der Waals surface area contributed by atoms with Gasteiger partial charge in [0, 0.05) is 19.4 Å². The minimum absolute atomic E-state index is 0.104. The number of carboxylic acid groups (broad SMARTS) is 1. The molecule has 0 radical (unpaired) electrons. The second kappa shape index (κ2) is 12.2. The zero-order chi connectivity index (χ0) is 16.8. The highest BCUT2D eigenvalue weighted by molar-refractivity contribution is 5.86. The Balaban J connectivity index is 3.49. The molecule has 0 aromatic heterocycles. The molecule has 0 rings (SSSR count). The molecule has 0 aromatic rings. The fraction of sp³-hybridized carbons (Fsp3) is 0.765. The van der Waals surface area contributed by atoms with Gasteiger partial charge < -0.3 is 14.9 Å². The van der Waals surface area contributed by atoms with Gasteiger partial charge in [-0.05, 0) is 25.3 Å². The smallest absolute Gasteiger partial charge is 0.303 e. The molecular formula is C17H33N2O3+. The highest BCUT2D eigenvalue weighted by atomic mass is 16.4. The Morgan fingerprint density at radius 3 is 2.14 bits per heavy atom. The fourth-order valence-electron chi connectivity index (χ4n) is 2.43. The van der Waals surface area contributed by atoms with Crippen molar-refractivity contribution in [3.63, 3.8) is 0 Å². The molecule has 0 saturated heterocycles. The second-order valence-electron chi connectivity index (χ2n) is 6.50. The zero-order valence-electron chi connectivity index (χ0n) is 14.3. The molecule has 0 aliphatic heterocycles. The Labute approximate surface area is 135 Å². The number of aliphatic carboxylic acids is 1. The number of carbonyl (C=O) groups is 2. The summed E-state index contributed by atoms with van der Waals surface area (Å²) in [5.74, 6) is -0.795. The number of unbranched alkanes of at least 4 members (excludes halogenated alkanes) is 5. The Kier molecular flexibility index (Phi) is 11.5. The molecule has 5 heteroatoms. The van der Waals surface area contributed by atoms with Crippen molar-refractivity contribution in [2.75, 3.05) is 33.7 Å². The zero-order valence-corrected chi connectivity index (χ0v) is 14.3. The lowest BCUT2D eigenvalue weighted by Gasteiger charge is -2.30. The van der Waals surface area contributed by atoms with E-state index in [1.165, 1.54) is 25.3 Å². The number of hydrogen-bond acceptors (Lipinski definition) is 2. The molecule has 5 nitrogen and oxygen atoms in total. The van der Waals surface area contributed by atoms with E-state index in [0.29, 0.717) is 13.0 Å². The summed E-state index contributed by atoms with van der Waals surface area (Å²) in [6, 6.07) is 0. The molecule has 22 heavy (non-hydrogen) atoms. The van der Waals surface area contributed by atoms with E-state index >= 15 is 0 Å². The van der Waals surface area contributed by atoms with Crippen LogP contribution >= 0.6 is 0 Å². The van der Waals surface area contributed by atoms with Crippen LogP contribution in [0, 0.1) is 0 Å². The Morgan fingerprint density at radius 2 is 1.55 bits per heavy atom. The number of carbonyl (C=O) groups excluding carboxylic acids is 1. The number of amides is 1. The summed E-state index contributed by atoms with van der Waals surface area (Å²) in [5, 5.41) is 11.3. The molecule has 0 bridgehead atoms. The van der Waals surface area contributed by atoms with Gasteiger partial charge in [0.1, 0.15) is 0 Å². The third-order valence-electron chi connectivity index (χ3n) is 3.83. The maximum atomic E-state index is 11.0. The maximum Gasteiger partial charge on any atom is 0.303 e. The number of nitrogens with zero attached hydrogens (tertiary/aromatic N) is 1. The quantitative estimate of drug-likeness (QED) is 0.294. The lowest BCUT2D eigenvalue weighted by Crippen LogP contribution is -2.42. The SMILES string of the molecule is C=CC(=O)NCCC[N+](C)(C)CCCCCCCCC(=O)O. The molecule has 0 spiro atoms. The van der Waals surface area contributed by atoms with Crippen molar-refractivity contribution in [3.8, 4) is 0 Å². The van der Waals surface area contributed by atoms with Crippen LogP contribution in [0.15, 0.2) is 12.7 Å². The van der Waals surface area contributed by atoms with Crippen molar-refractivity contribution in [2.24, 2.45) is 0 Å². The fourth-order valence-corrected chi connectivity index (χ4v) is 2.43. The highest BCUT2D eigenvalue weighted by Gasteiger charge is 2.13. The number of hydrogen-bond donors (Lipinski definition) is 2. The van der Waals surface area contributed by atoms with Gasteiger partial charge in [-0.1, -0.05) is 25.8 Å². The molecular weight excluding hydrogens is 280 g/mol. The first-order chi connectivity index (χ1) is 10.4. The van der Waals surface area contributed by atoms with Gasteiger partial charge in [0.05, 0.1) is 27.2 Å². The molecule has 0 atom stereocenters. The average Bonchev–Trinajstić information content (AvgIpc) is 2.45. The first-order valence-corrected chi connectivity index (χ1v) is 8.31. The normalized spacial score (nSPS) is 11.2. The van der Waals surface area contributed by atoms with E-state index in [9.17, 15) is 9.59 Å². The Morgan fingerprint density at radius 1 is 1.00 bits per heavy atom. The van der Waals surface area contributed by atoms with Crippen molar-refractivity contribution in [2.45, 2.75) is 51.4 Å². The molecule has 1 amide bonds. The number of quaternary nitrogens is 1. The van der Waals surface area contributed by atoms with E-state index < -0.39 is 5.97 Å². The summed E-state index contributed by atoms with van der Waals surface area (Å²) in [7, 11) is 4.45.